The molecular formula is C26H22N4O3. The summed E-state index contributed by atoms with van der Waals surface area (Å²) in [5, 5.41) is 3.34. The summed E-state index contributed by atoms with van der Waals surface area (Å²) in [4.78, 5) is 45.7. The Morgan fingerprint density at radius 2 is 1.64 bits per heavy atom. The molecule has 0 spiro atoms. The van der Waals surface area contributed by atoms with Crippen molar-refractivity contribution in [2.45, 2.75) is 25.2 Å². The molecular weight excluding hydrogens is 416 g/mol. The van der Waals surface area contributed by atoms with Gasteiger partial charge in [0, 0.05) is 18.4 Å². The van der Waals surface area contributed by atoms with E-state index in [0.717, 1.165) is 6.42 Å². The standard InChI is InChI=1S/C26H22N4O3/c1-13-10-20(28-23-21(13)25(32)30-26(33)29-23)24(31)27-12-14-11-19-15-6-2-4-8-17(15)22(14)18-9-5-3-7-16(18)19/h2-10,14,19,22H,11-12H2,1H3,(H,27,31)(H2,28,29,30,32,33). The van der Waals surface area contributed by atoms with E-state index in [1.165, 1.54) is 22.3 Å². The zero-order valence-electron chi connectivity index (χ0n) is 18.0. The summed E-state index contributed by atoms with van der Waals surface area (Å²) in [7, 11) is 0. The van der Waals surface area contributed by atoms with Crippen LogP contribution in [0.15, 0.2) is 64.2 Å². The molecule has 2 aromatic carbocycles. The van der Waals surface area contributed by atoms with Gasteiger partial charge in [0.25, 0.3) is 11.5 Å². The first-order chi connectivity index (χ1) is 16.0. The number of carbonyl (C=O) groups excluding carboxylic acids is 1. The lowest BCUT2D eigenvalue weighted by Gasteiger charge is -2.45. The molecule has 7 nitrogen and oxygen atoms in total. The monoisotopic (exact) mass is 438 g/mol. The highest BCUT2D eigenvalue weighted by Gasteiger charge is 2.42. The van der Waals surface area contributed by atoms with Crippen LogP contribution in [0.25, 0.3) is 11.0 Å². The van der Waals surface area contributed by atoms with Gasteiger partial charge in [0.2, 0.25) is 0 Å². The number of H-pyrrole nitrogens is 2. The molecule has 0 saturated carbocycles. The number of aryl methyl sites for hydroxylation is 1. The first kappa shape index (κ1) is 19.7. The molecule has 2 aromatic heterocycles. The van der Waals surface area contributed by atoms with Gasteiger partial charge >= 0.3 is 5.69 Å². The van der Waals surface area contributed by atoms with Gasteiger partial charge in [-0.25, -0.2) is 9.78 Å². The lowest BCUT2D eigenvalue weighted by atomic mass is 9.59. The molecule has 1 amide bonds. The first-order valence-electron chi connectivity index (χ1n) is 11.1. The Kier molecular flexibility index (Phi) is 4.33. The molecule has 3 aliphatic carbocycles. The summed E-state index contributed by atoms with van der Waals surface area (Å²) in [6.45, 7) is 2.25. The number of fused-ring (bicyclic) bond motifs is 2. The third kappa shape index (κ3) is 3.03. The average Bonchev–Trinajstić information content (AvgIpc) is 2.82. The normalized spacial score (nSPS) is 20.3. The number of hydrogen-bond acceptors (Lipinski definition) is 4. The van der Waals surface area contributed by atoms with Crippen LogP contribution in [-0.2, 0) is 0 Å². The SMILES string of the molecule is Cc1cc(C(=O)NCC2CC3c4ccccc4C2c2ccccc23)nc2[nH]c(=O)[nH]c(=O)c12. The molecule has 1 unspecified atom stereocenters. The van der Waals surface area contributed by atoms with E-state index < -0.39 is 11.2 Å². The van der Waals surface area contributed by atoms with Gasteiger partial charge in [-0.15, -0.1) is 0 Å². The quantitative estimate of drug-likeness (QED) is 0.457. The van der Waals surface area contributed by atoms with Crippen LogP contribution in [0.5, 0.6) is 0 Å². The van der Waals surface area contributed by atoms with E-state index in [0.29, 0.717) is 18.0 Å². The van der Waals surface area contributed by atoms with Crippen molar-refractivity contribution >= 4 is 16.9 Å². The summed E-state index contributed by atoms with van der Waals surface area (Å²) in [5.74, 6) is 0.531. The van der Waals surface area contributed by atoms with Crippen molar-refractivity contribution in [2.75, 3.05) is 6.54 Å². The van der Waals surface area contributed by atoms with Crippen molar-refractivity contribution < 1.29 is 4.79 Å². The van der Waals surface area contributed by atoms with Crippen molar-refractivity contribution in [1.82, 2.24) is 20.3 Å². The summed E-state index contributed by atoms with van der Waals surface area (Å²) in [6.07, 6.45) is 0.978. The summed E-state index contributed by atoms with van der Waals surface area (Å²) in [6, 6.07) is 18.8. The minimum atomic E-state index is -0.646. The Morgan fingerprint density at radius 3 is 2.30 bits per heavy atom. The molecule has 33 heavy (non-hydrogen) atoms. The number of nitrogens with one attached hydrogen (secondary N) is 3. The lowest BCUT2D eigenvalue weighted by Crippen LogP contribution is -2.39. The fourth-order valence-electron chi connectivity index (χ4n) is 5.74. The molecule has 0 aliphatic heterocycles. The van der Waals surface area contributed by atoms with Gasteiger partial charge < -0.3 is 5.32 Å². The number of aromatic amines is 2. The molecule has 3 aliphatic rings. The summed E-state index contributed by atoms with van der Waals surface area (Å²) in [5.41, 5.74) is 5.22. The van der Waals surface area contributed by atoms with Crippen LogP contribution in [0.4, 0.5) is 0 Å². The van der Waals surface area contributed by atoms with Crippen LogP contribution in [0.2, 0.25) is 0 Å². The van der Waals surface area contributed by atoms with Crippen molar-refractivity contribution in [3.05, 3.63) is 109 Å². The number of rotatable bonds is 3. The maximum absolute atomic E-state index is 13.0. The van der Waals surface area contributed by atoms with E-state index in [1.807, 2.05) is 0 Å². The van der Waals surface area contributed by atoms with Crippen LogP contribution in [0.3, 0.4) is 0 Å². The van der Waals surface area contributed by atoms with Crippen LogP contribution in [0.1, 0.15) is 56.6 Å². The molecule has 2 bridgehead atoms. The molecule has 7 heteroatoms. The Hall–Kier alpha value is -4.00. The molecule has 2 heterocycles. The minimum Gasteiger partial charge on any atom is -0.350 e. The molecule has 1 atom stereocenters. The fourth-order valence-corrected chi connectivity index (χ4v) is 5.74. The van der Waals surface area contributed by atoms with Crippen LogP contribution < -0.4 is 16.6 Å². The maximum atomic E-state index is 13.0. The van der Waals surface area contributed by atoms with Crippen molar-refractivity contribution in [3.63, 3.8) is 0 Å². The van der Waals surface area contributed by atoms with Gasteiger partial charge in [-0.3, -0.25) is 19.6 Å². The molecule has 0 saturated heterocycles. The molecule has 164 valence electrons. The number of carbonyl (C=O) groups is 1. The Bertz CT molecular complexity index is 1500. The van der Waals surface area contributed by atoms with Crippen LogP contribution >= 0.6 is 0 Å². The van der Waals surface area contributed by atoms with Gasteiger partial charge in [-0.1, -0.05) is 48.5 Å². The zero-order chi connectivity index (χ0) is 22.7. The largest absolute Gasteiger partial charge is 0.350 e. The Balaban J connectivity index is 1.30. The lowest BCUT2D eigenvalue weighted by molar-refractivity contribution is 0.0938. The zero-order valence-corrected chi connectivity index (χ0v) is 18.0. The number of amides is 1. The van der Waals surface area contributed by atoms with Crippen molar-refractivity contribution in [1.29, 1.82) is 0 Å². The highest BCUT2D eigenvalue weighted by molar-refractivity contribution is 5.95. The van der Waals surface area contributed by atoms with E-state index in [1.54, 1.807) is 13.0 Å². The van der Waals surface area contributed by atoms with Crippen molar-refractivity contribution in [2.24, 2.45) is 5.92 Å². The Labute approximate surface area is 188 Å². The molecule has 7 rings (SSSR count). The topological polar surface area (TPSA) is 108 Å². The van der Waals surface area contributed by atoms with Gasteiger partial charge in [0.05, 0.1) is 5.39 Å². The van der Waals surface area contributed by atoms with E-state index >= 15 is 0 Å². The third-order valence-corrected chi connectivity index (χ3v) is 7.08. The van der Waals surface area contributed by atoms with Gasteiger partial charge in [0.15, 0.2) is 0 Å². The van der Waals surface area contributed by atoms with E-state index in [-0.39, 0.29) is 34.5 Å². The second-order valence-corrected chi connectivity index (χ2v) is 8.95. The molecule has 4 aromatic rings. The number of pyridine rings is 1. The smallest absolute Gasteiger partial charge is 0.327 e. The number of nitrogens with zero attached hydrogens (tertiary/aromatic N) is 1. The summed E-state index contributed by atoms with van der Waals surface area (Å²) < 4.78 is 0. The van der Waals surface area contributed by atoms with Gasteiger partial charge in [-0.2, -0.15) is 0 Å². The number of benzene rings is 2. The second-order valence-electron chi connectivity index (χ2n) is 8.95. The number of hydrogen-bond donors (Lipinski definition) is 3. The maximum Gasteiger partial charge on any atom is 0.327 e. The summed E-state index contributed by atoms with van der Waals surface area (Å²) >= 11 is 0. The van der Waals surface area contributed by atoms with Crippen molar-refractivity contribution in [3.8, 4) is 0 Å². The molecule has 3 N–H and O–H groups in total. The fraction of sp³-hybridized carbons (Fsp3) is 0.231. The third-order valence-electron chi connectivity index (χ3n) is 7.08. The predicted octanol–water partition coefficient (Wildman–Crippen LogP) is 2.95. The predicted molar refractivity (Wildman–Crippen MR) is 125 cm³/mol. The van der Waals surface area contributed by atoms with Gasteiger partial charge in [0.1, 0.15) is 11.3 Å². The van der Waals surface area contributed by atoms with Gasteiger partial charge in [-0.05, 0) is 53.1 Å². The minimum absolute atomic E-state index is 0.119. The number of aromatic nitrogens is 3. The van der Waals surface area contributed by atoms with E-state index in [9.17, 15) is 14.4 Å². The molecule has 0 radical (unpaired) electrons. The average molecular weight is 438 g/mol. The first-order valence-corrected chi connectivity index (χ1v) is 11.1. The second kappa shape index (κ2) is 7.27. The van der Waals surface area contributed by atoms with E-state index in [2.05, 4.69) is 68.8 Å². The van der Waals surface area contributed by atoms with Crippen LogP contribution in [0, 0.1) is 12.8 Å². The molecule has 0 fully saturated rings. The Morgan fingerprint density at radius 1 is 1.00 bits per heavy atom. The van der Waals surface area contributed by atoms with Crippen LogP contribution in [-0.4, -0.2) is 27.4 Å². The highest BCUT2D eigenvalue weighted by Crippen LogP contribution is 2.55. The highest BCUT2D eigenvalue weighted by atomic mass is 16.2. The van der Waals surface area contributed by atoms with E-state index in [4.69, 9.17) is 0 Å².